The Morgan fingerprint density at radius 1 is 1.00 bits per heavy atom. The van der Waals surface area contributed by atoms with Crippen molar-refractivity contribution in [3.63, 3.8) is 0 Å². The number of piperazine rings is 1. The number of aromatic nitrogens is 4. The van der Waals surface area contributed by atoms with Gasteiger partial charge in [0.05, 0.1) is 17.9 Å². The van der Waals surface area contributed by atoms with Crippen molar-refractivity contribution in [1.29, 1.82) is 0 Å². The second-order valence-corrected chi connectivity index (χ2v) is 8.68. The monoisotopic (exact) mass is 394 g/mol. The average Bonchev–Trinajstić information content (AvgIpc) is 3.59. The largest absolute Gasteiger partial charge is 0.299 e. The molecule has 0 N–H and O–H groups in total. The minimum atomic E-state index is 0.0551. The number of nitrogens with zero attached hydrogens (tertiary/aromatic N) is 6. The molecule has 7 heteroatoms. The van der Waals surface area contributed by atoms with Crippen LogP contribution in [0.5, 0.6) is 0 Å². The molecule has 7 nitrogen and oxygen atoms in total. The number of rotatable bonds is 6. The van der Waals surface area contributed by atoms with Gasteiger partial charge in [0.15, 0.2) is 0 Å². The predicted octanol–water partition coefficient (Wildman–Crippen LogP) is 1.61. The van der Waals surface area contributed by atoms with Crippen LogP contribution < -0.4 is 5.56 Å². The Hall–Kier alpha value is -2.12. The lowest BCUT2D eigenvalue weighted by atomic mass is 9.97. The molecule has 0 spiro atoms. The summed E-state index contributed by atoms with van der Waals surface area (Å²) < 4.78 is 1.68. The zero-order valence-corrected chi connectivity index (χ0v) is 17.1. The van der Waals surface area contributed by atoms with Crippen LogP contribution in [0.15, 0.2) is 23.1 Å². The number of hydrogen-bond acceptors (Lipinski definition) is 6. The van der Waals surface area contributed by atoms with Gasteiger partial charge in [-0.25, -0.2) is 14.6 Å². The Kier molecular flexibility index (Phi) is 5.42. The maximum atomic E-state index is 12.4. The number of fused-ring (bicyclic) bond motifs is 1. The summed E-state index contributed by atoms with van der Waals surface area (Å²) in [5.74, 6) is 1.64. The third-order valence-corrected chi connectivity index (χ3v) is 6.43. The van der Waals surface area contributed by atoms with Crippen molar-refractivity contribution < 1.29 is 0 Å². The minimum absolute atomic E-state index is 0.0551. The van der Waals surface area contributed by atoms with E-state index in [2.05, 4.69) is 19.9 Å². The zero-order chi connectivity index (χ0) is 19.6. The van der Waals surface area contributed by atoms with Crippen LogP contribution in [-0.4, -0.2) is 62.3 Å². The highest BCUT2D eigenvalue weighted by Gasteiger charge is 2.27. The topological polar surface area (TPSA) is 67.2 Å². The second-order valence-electron chi connectivity index (χ2n) is 8.68. The molecule has 2 aromatic rings. The first-order valence-corrected chi connectivity index (χ1v) is 11.1. The van der Waals surface area contributed by atoms with E-state index in [4.69, 9.17) is 4.98 Å². The molecule has 1 saturated carbocycles. The van der Waals surface area contributed by atoms with Gasteiger partial charge in [-0.1, -0.05) is 0 Å². The normalized spacial score (nSPS) is 20.6. The summed E-state index contributed by atoms with van der Waals surface area (Å²) >= 11 is 0. The minimum Gasteiger partial charge on any atom is -0.299 e. The number of aryl methyl sites for hydroxylation is 2. The van der Waals surface area contributed by atoms with Crippen molar-refractivity contribution in [3.8, 4) is 0 Å². The standard InChI is InChI=1S/C22H30N6O/c29-21-15-18-3-1-2-4-20(18)25-28(21)14-13-26-9-11-27(12-10-26)16-19-7-8-23-22(24-19)17-5-6-17/h7-8,15,17H,1-6,9-14,16H2. The molecule has 3 aliphatic rings. The molecule has 0 amide bonds. The first kappa shape index (κ1) is 18.9. The molecule has 0 atom stereocenters. The first-order valence-electron chi connectivity index (χ1n) is 11.1. The quantitative estimate of drug-likeness (QED) is 0.742. The predicted molar refractivity (Wildman–Crippen MR) is 111 cm³/mol. The molecule has 0 aromatic carbocycles. The van der Waals surface area contributed by atoms with Crippen molar-refractivity contribution in [2.24, 2.45) is 0 Å². The molecule has 5 rings (SSSR count). The van der Waals surface area contributed by atoms with Gasteiger partial charge in [-0.2, -0.15) is 5.10 Å². The fourth-order valence-electron chi connectivity index (χ4n) is 4.44. The van der Waals surface area contributed by atoms with Crippen LogP contribution in [0.3, 0.4) is 0 Å². The van der Waals surface area contributed by atoms with Crippen molar-refractivity contribution in [2.45, 2.75) is 57.5 Å². The maximum absolute atomic E-state index is 12.4. The van der Waals surface area contributed by atoms with Gasteiger partial charge in [0, 0.05) is 57.4 Å². The molecule has 2 fully saturated rings. The summed E-state index contributed by atoms with van der Waals surface area (Å²) in [4.78, 5) is 26.5. The van der Waals surface area contributed by atoms with E-state index in [1.807, 2.05) is 18.3 Å². The van der Waals surface area contributed by atoms with Crippen molar-refractivity contribution >= 4 is 0 Å². The molecule has 2 aliphatic carbocycles. The summed E-state index contributed by atoms with van der Waals surface area (Å²) in [6.07, 6.45) is 8.78. The van der Waals surface area contributed by atoms with Gasteiger partial charge < -0.3 is 0 Å². The summed E-state index contributed by atoms with van der Waals surface area (Å²) in [6.45, 7) is 6.61. The number of hydrogen-bond donors (Lipinski definition) is 0. The molecule has 0 bridgehead atoms. The van der Waals surface area contributed by atoms with E-state index in [-0.39, 0.29) is 5.56 Å². The molecule has 1 saturated heterocycles. The van der Waals surface area contributed by atoms with Crippen molar-refractivity contribution in [1.82, 2.24) is 29.5 Å². The maximum Gasteiger partial charge on any atom is 0.267 e. The van der Waals surface area contributed by atoms with Crippen molar-refractivity contribution in [3.05, 3.63) is 51.5 Å². The average molecular weight is 395 g/mol. The summed E-state index contributed by atoms with van der Waals surface area (Å²) in [5.41, 5.74) is 3.50. The Balaban J connectivity index is 1.12. The van der Waals surface area contributed by atoms with Crippen LogP contribution in [0.25, 0.3) is 0 Å². The van der Waals surface area contributed by atoms with Gasteiger partial charge in [-0.3, -0.25) is 14.6 Å². The molecule has 0 radical (unpaired) electrons. The Morgan fingerprint density at radius 3 is 2.62 bits per heavy atom. The molecule has 1 aliphatic heterocycles. The van der Waals surface area contributed by atoms with Crippen LogP contribution in [0.2, 0.25) is 0 Å². The van der Waals surface area contributed by atoms with Crippen LogP contribution in [-0.2, 0) is 25.9 Å². The summed E-state index contributed by atoms with van der Waals surface area (Å²) in [5, 5.41) is 4.65. The molecular weight excluding hydrogens is 364 g/mol. The van der Waals surface area contributed by atoms with Crippen LogP contribution in [0.4, 0.5) is 0 Å². The fraction of sp³-hybridized carbons (Fsp3) is 0.636. The lowest BCUT2D eigenvalue weighted by Gasteiger charge is -2.34. The van der Waals surface area contributed by atoms with E-state index in [1.54, 1.807) is 4.68 Å². The van der Waals surface area contributed by atoms with E-state index >= 15 is 0 Å². The smallest absolute Gasteiger partial charge is 0.267 e. The molecular formula is C22H30N6O. The highest BCUT2D eigenvalue weighted by molar-refractivity contribution is 5.20. The van der Waals surface area contributed by atoms with E-state index in [0.29, 0.717) is 12.5 Å². The highest BCUT2D eigenvalue weighted by Crippen LogP contribution is 2.37. The van der Waals surface area contributed by atoms with Gasteiger partial charge in [0.2, 0.25) is 0 Å². The van der Waals surface area contributed by atoms with Gasteiger partial charge in [-0.05, 0) is 50.2 Å². The Morgan fingerprint density at radius 2 is 1.79 bits per heavy atom. The van der Waals surface area contributed by atoms with E-state index < -0.39 is 0 Å². The SMILES string of the molecule is O=c1cc2c(nn1CCN1CCN(Cc3ccnc(C4CC4)n3)CC1)CCCC2. The van der Waals surface area contributed by atoms with E-state index in [0.717, 1.165) is 69.3 Å². The van der Waals surface area contributed by atoms with E-state index in [1.165, 1.54) is 31.2 Å². The van der Waals surface area contributed by atoms with Gasteiger partial charge in [0.25, 0.3) is 5.56 Å². The molecule has 0 unspecified atom stereocenters. The Bertz CT molecular complexity index is 914. The Labute approximate surface area is 171 Å². The third kappa shape index (κ3) is 4.56. The summed E-state index contributed by atoms with van der Waals surface area (Å²) in [6, 6.07) is 3.86. The zero-order valence-electron chi connectivity index (χ0n) is 17.1. The molecule has 154 valence electrons. The van der Waals surface area contributed by atoms with Gasteiger partial charge in [0.1, 0.15) is 5.82 Å². The van der Waals surface area contributed by atoms with Gasteiger partial charge >= 0.3 is 0 Å². The van der Waals surface area contributed by atoms with Crippen molar-refractivity contribution in [2.75, 3.05) is 32.7 Å². The third-order valence-electron chi connectivity index (χ3n) is 6.43. The second kappa shape index (κ2) is 8.32. The molecule has 3 heterocycles. The lowest BCUT2D eigenvalue weighted by molar-refractivity contribution is 0.121. The molecule has 29 heavy (non-hydrogen) atoms. The lowest BCUT2D eigenvalue weighted by Crippen LogP contribution is -2.47. The fourth-order valence-corrected chi connectivity index (χ4v) is 4.44. The van der Waals surface area contributed by atoms with Crippen LogP contribution >= 0.6 is 0 Å². The van der Waals surface area contributed by atoms with E-state index in [9.17, 15) is 4.79 Å². The highest BCUT2D eigenvalue weighted by atomic mass is 16.1. The molecule has 2 aromatic heterocycles. The first-order chi connectivity index (χ1) is 14.2. The summed E-state index contributed by atoms with van der Waals surface area (Å²) in [7, 11) is 0. The van der Waals surface area contributed by atoms with Gasteiger partial charge in [-0.15, -0.1) is 0 Å². The van der Waals surface area contributed by atoms with Crippen LogP contribution in [0.1, 0.15) is 54.4 Å². The van der Waals surface area contributed by atoms with Crippen LogP contribution in [0, 0.1) is 0 Å².